The number of amides is 2. The van der Waals surface area contributed by atoms with E-state index in [1.807, 2.05) is 4.90 Å². The molecule has 2 aliphatic heterocycles. The number of nitrogens with zero attached hydrogens (tertiary/aromatic N) is 4. The van der Waals surface area contributed by atoms with Crippen LogP contribution in [0.5, 0.6) is 0 Å². The number of piperazine rings is 1. The van der Waals surface area contributed by atoms with Gasteiger partial charge in [0.05, 0.1) is 4.92 Å². The van der Waals surface area contributed by atoms with Crippen molar-refractivity contribution >= 4 is 23.2 Å². The van der Waals surface area contributed by atoms with Crippen LogP contribution >= 0.6 is 0 Å². The van der Waals surface area contributed by atoms with Crippen LogP contribution in [0.3, 0.4) is 0 Å². The van der Waals surface area contributed by atoms with E-state index in [1.165, 1.54) is 25.8 Å². The lowest BCUT2D eigenvalue weighted by Crippen LogP contribution is -2.49. The molecule has 1 aromatic carbocycles. The average molecular weight is 460 g/mol. The largest absolute Gasteiger partial charge is 0.362 e. The normalized spacial score (nSPS) is 18.9. The number of nitro groups is 1. The van der Waals surface area contributed by atoms with E-state index in [2.05, 4.69) is 31.0 Å². The Morgan fingerprint density at radius 3 is 2.30 bits per heavy atom. The molecular formula is C24H37N5O4. The van der Waals surface area contributed by atoms with Crippen LogP contribution in [0.4, 0.5) is 11.4 Å². The second-order valence-electron chi connectivity index (χ2n) is 9.69. The fraction of sp³-hybridized carbons (Fsp3) is 0.667. The van der Waals surface area contributed by atoms with Gasteiger partial charge in [-0.3, -0.25) is 24.6 Å². The van der Waals surface area contributed by atoms with Crippen LogP contribution in [0.1, 0.15) is 50.9 Å². The molecule has 9 heteroatoms. The summed E-state index contributed by atoms with van der Waals surface area (Å²) < 4.78 is 0. The molecular weight excluding hydrogens is 422 g/mol. The summed E-state index contributed by atoms with van der Waals surface area (Å²) in [4.78, 5) is 41.9. The first kappa shape index (κ1) is 25.0. The van der Waals surface area contributed by atoms with E-state index in [9.17, 15) is 19.7 Å². The fourth-order valence-corrected chi connectivity index (χ4v) is 4.79. The van der Waals surface area contributed by atoms with Gasteiger partial charge in [0.15, 0.2) is 0 Å². The van der Waals surface area contributed by atoms with Crippen molar-refractivity contribution in [3.63, 3.8) is 0 Å². The van der Waals surface area contributed by atoms with Crippen LogP contribution in [0.25, 0.3) is 0 Å². The van der Waals surface area contributed by atoms with Gasteiger partial charge in [0.2, 0.25) is 5.91 Å². The minimum absolute atomic E-state index is 0.00920. The van der Waals surface area contributed by atoms with E-state index >= 15 is 0 Å². The van der Waals surface area contributed by atoms with Crippen molar-refractivity contribution < 1.29 is 14.5 Å². The van der Waals surface area contributed by atoms with Crippen molar-refractivity contribution in [3.8, 4) is 0 Å². The third-order valence-electron chi connectivity index (χ3n) is 7.03. The van der Waals surface area contributed by atoms with Gasteiger partial charge in [-0.05, 0) is 49.9 Å². The quantitative estimate of drug-likeness (QED) is 0.497. The molecule has 3 rings (SSSR count). The van der Waals surface area contributed by atoms with Crippen molar-refractivity contribution in [1.82, 2.24) is 15.1 Å². The van der Waals surface area contributed by atoms with Crippen LogP contribution in [-0.4, -0.2) is 78.4 Å². The standard InChI is InChI=1S/C24H37N5O4/c1-17(2)23(27-9-7-18(3)8-10-27)16-25-24(31)20-5-6-21(22(15-20)29(32)33)28-13-11-26(12-14-28)19(4)30/h5-6,15,17-18,23H,7-14,16H2,1-4H3,(H,25,31). The van der Waals surface area contributed by atoms with Crippen LogP contribution < -0.4 is 10.2 Å². The Hall–Kier alpha value is -2.68. The first-order chi connectivity index (χ1) is 15.7. The first-order valence-electron chi connectivity index (χ1n) is 12.0. The first-order valence-corrected chi connectivity index (χ1v) is 12.0. The lowest BCUT2D eigenvalue weighted by Gasteiger charge is -2.38. The van der Waals surface area contributed by atoms with E-state index < -0.39 is 4.92 Å². The number of nitro benzene ring substituents is 1. The summed E-state index contributed by atoms with van der Waals surface area (Å²) in [6.07, 6.45) is 2.34. The number of nitrogens with one attached hydrogen (secondary N) is 1. The molecule has 2 amide bonds. The summed E-state index contributed by atoms with van der Waals surface area (Å²) in [6.45, 7) is 12.8. The Morgan fingerprint density at radius 1 is 1.12 bits per heavy atom. The second-order valence-corrected chi connectivity index (χ2v) is 9.69. The van der Waals surface area contributed by atoms with Gasteiger partial charge in [-0.2, -0.15) is 0 Å². The van der Waals surface area contributed by atoms with Gasteiger partial charge in [-0.25, -0.2) is 0 Å². The molecule has 9 nitrogen and oxygen atoms in total. The average Bonchev–Trinajstić information content (AvgIpc) is 2.79. The number of likely N-dealkylation sites (tertiary alicyclic amines) is 1. The predicted octanol–water partition coefficient (Wildman–Crippen LogP) is 2.75. The van der Waals surface area contributed by atoms with Gasteiger partial charge in [0.25, 0.3) is 11.6 Å². The van der Waals surface area contributed by atoms with Gasteiger partial charge >= 0.3 is 0 Å². The summed E-state index contributed by atoms with van der Waals surface area (Å²) in [5.41, 5.74) is 0.703. The minimum atomic E-state index is -0.435. The molecule has 1 N–H and O–H groups in total. The summed E-state index contributed by atoms with van der Waals surface area (Å²) in [6, 6.07) is 4.92. The van der Waals surface area contributed by atoms with E-state index in [-0.39, 0.29) is 23.5 Å². The number of anilines is 1. The highest BCUT2D eigenvalue weighted by Gasteiger charge is 2.28. The third-order valence-corrected chi connectivity index (χ3v) is 7.03. The van der Waals surface area contributed by atoms with Crippen LogP contribution in [0.15, 0.2) is 18.2 Å². The SMILES string of the molecule is CC(=O)N1CCN(c2ccc(C(=O)NCC(C(C)C)N3CCC(C)CC3)cc2[N+](=O)[O-])CC1. The van der Waals surface area contributed by atoms with Gasteiger partial charge in [-0.1, -0.05) is 20.8 Å². The number of carbonyl (C=O) groups is 2. The zero-order valence-electron chi connectivity index (χ0n) is 20.2. The molecule has 1 atom stereocenters. The van der Waals surface area contributed by atoms with Gasteiger partial charge in [0.1, 0.15) is 5.69 Å². The molecule has 0 saturated carbocycles. The van der Waals surface area contributed by atoms with Crippen LogP contribution in [0, 0.1) is 22.0 Å². The molecule has 2 aliphatic rings. The summed E-state index contributed by atoms with van der Waals surface area (Å²) in [5.74, 6) is 0.856. The van der Waals surface area contributed by atoms with Crippen molar-refractivity contribution in [3.05, 3.63) is 33.9 Å². The lowest BCUT2D eigenvalue weighted by molar-refractivity contribution is -0.384. The highest BCUT2D eigenvalue weighted by Crippen LogP contribution is 2.30. The number of benzene rings is 1. The number of rotatable bonds is 7. The number of piperidine rings is 1. The minimum Gasteiger partial charge on any atom is -0.362 e. The molecule has 2 saturated heterocycles. The second kappa shape index (κ2) is 11.0. The number of hydrogen-bond donors (Lipinski definition) is 1. The molecule has 0 spiro atoms. The highest BCUT2D eigenvalue weighted by molar-refractivity contribution is 5.95. The number of hydrogen-bond acceptors (Lipinski definition) is 6. The van der Waals surface area contributed by atoms with Crippen molar-refractivity contribution in [2.45, 2.75) is 46.6 Å². The van der Waals surface area contributed by atoms with E-state index in [4.69, 9.17) is 0 Å². The molecule has 0 radical (unpaired) electrons. The lowest BCUT2D eigenvalue weighted by atomic mass is 9.94. The van der Waals surface area contributed by atoms with Gasteiger partial charge in [0, 0.05) is 57.3 Å². The van der Waals surface area contributed by atoms with Crippen molar-refractivity contribution in [2.75, 3.05) is 50.7 Å². The Labute approximate surface area is 196 Å². The number of carbonyl (C=O) groups excluding carboxylic acids is 2. The van der Waals surface area contributed by atoms with E-state index in [0.29, 0.717) is 49.9 Å². The third kappa shape index (κ3) is 6.22. The van der Waals surface area contributed by atoms with Crippen LogP contribution in [-0.2, 0) is 4.79 Å². The van der Waals surface area contributed by atoms with Gasteiger partial charge in [-0.15, -0.1) is 0 Å². The smallest absolute Gasteiger partial charge is 0.293 e. The maximum atomic E-state index is 12.9. The zero-order chi connectivity index (χ0) is 24.1. The molecule has 1 aromatic rings. The Bertz CT molecular complexity index is 858. The Balaban J connectivity index is 1.67. The van der Waals surface area contributed by atoms with E-state index in [1.54, 1.807) is 17.0 Å². The summed E-state index contributed by atoms with van der Waals surface area (Å²) in [5, 5.41) is 14.8. The van der Waals surface area contributed by atoms with Crippen molar-refractivity contribution in [2.24, 2.45) is 11.8 Å². The monoisotopic (exact) mass is 459 g/mol. The van der Waals surface area contributed by atoms with E-state index in [0.717, 1.165) is 19.0 Å². The maximum Gasteiger partial charge on any atom is 0.293 e. The molecule has 2 heterocycles. The molecule has 1 unspecified atom stereocenters. The van der Waals surface area contributed by atoms with Gasteiger partial charge < -0.3 is 15.1 Å². The van der Waals surface area contributed by atoms with Crippen LogP contribution in [0.2, 0.25) is 0 Å². The zero-order valence-corrected chi connectivity index (χ0v) is 20.2. The summed E-state index contributed by atoms with van der Waals surface area (Å²) >= 11 is 0. The molecule has 0 aliphatic carbocycles. The predicted molar refractivity (Wildman–Crippen MR) is 128 cm³/mol. The highest BCUT2D eigenvalue weighted by atomic mass is 16.6. The molecule has 0 aromatic heterocycles. The van der Waals surface area contributed by atoms with Crippen molar-refractivity contribution in [1.29, 1.82) is 0 Å². The summed E-state index contributed by atoms with van der Waals surface area (Å²) in [7, 11) is 0. The molecule has 33 heavy (non-hydrogen) atoms. The molecule has 0 bridgehead atoms. The maximum absolute atomic E-state index is 12.9. The topological polar surface area (TPSA) is 99.0 Å². The Morgan fingerprint density at radius 2 is 1.76 bits per heavy atom. The molecule has 182 valence electrons. The Kier molecular flexibility index (Phi) is 8.29. The fourth-order valence-electron chi connectivity index (χ4n) is 4.79. The molecule has 2 fully saturated rings.